The Balaban J connectivity index is 1.55. The minimum atomic E-state index is -1.06. The molecule has 7 nitrogen and oxygen atoms in total. The molecule has 2 amide bonds. The number of aromatic nitrogens is 1. The third kappa shape index (κ3) is 3.87. The molecule has 3 heterocycles. The summed E-state index contributed by atoms with van der Waals surface area (Å²) in [5, 5.41) is 3.28. The van der Waals surface area contributed by atoms with Crippen LogP contribution in [0, 0.1) is 6.92 Å². The van der Waals surface area contributed by atoms with Crippen LogP contribution in [0.15, 0.2) is 40.8 Å². The Morgan fingerprint density at radius 1 is 1.21 bits per heavy atom. The molecule has 2 aliphatic rings. The molecule has 1 aromatic carbocycles. The van der Waals surface area contributed by atoms with Gasteiger partial charge in [-0.1, -0.05) is 37.5 Å². The number of amides is 2. The number of aryl methyl sites for hydroxylation is 1. The summed E-state index contributed by atoms with van der Waals surface area (Å²) in [5.41, 5.74) is 1.90. The molecule has 1 atom stereocenters. The average Bonchev–Trinajstić information content (AvgIpc) is 3.35. The molecule has 1 fully saturated rings. The SMILES string of the molecule is CCOc1ccccc1CN1C(=O)c2cc3oc(C)cc3n2C[C@@]1(C)C(=O)NC1CCCCC1. The Hall–Kier alpha value is -3.22. The molecule has 3 aromatic rings. The van der Waals surface area contributed by atoms with Gasteiger partial charge in [-0.3, -0.25) is 9.59 Å². The summed E-state index contributed by atoms with van der Waals surface area (Å²) in [5.74, 6) is 1.24. The van der Waals surface area contributed by atoms with Crippen molar-refractivity contribution < 1.29 is 18.7 Å². The van der Waals surface area contributed by atoms with E-state index < -0.39 is 5.54 Å². The molecular formula is C27H33N3O4. The van der Waals surface area contributed by atoms with E-state index >= 15 is 0 Å². The highest BCUT2D eigenvalue weighted by molar-refractivity contribution is 6.03. The van der Waals surface area contributed by atoms with E-state index in [1.54, 1.807) is 11.0 Å². The standard InChI is InChI=1S/C27H33N3O4/c1-4-33-23-13-9-8-10-19(23)16-30-25(31)22-15-24-21(14-18(2)34-24)29(22)17-27(30,3)26(32)28-20-11-6-5-7-12-20/h8-10,13-15,20H,4-7,11-12,16-17H2,1-3H3,(H,28,32)/t27-/m0/s1. The molecule has 0 spiro atoms. The lowest BCUT2D eigenvalue weighted by Gasteiger charge is -2.45. The number of para-hydroxylation sites is 1. The smallest absolute Gasteiger partial charge is 0.271 e. The maximum absolute atomic E-state index is 13.9. The van der Waals surface area contributed by atoms with Crippen LogP contribution in [-0.4, -0.2) is 39.5 Å². The number of carbonyl (C=O) groups is 2. The van der Waals surface area contributed by atoms with Gasteiger partial charge in [0.25, 0.3) is 5.91 Å². The number of rotatable bonds is 6. The second kappa shape index (κ2) is 8.85. The van der Waals surface area contributed by atoms with Crippen LogP contribution in [0.1, 0.15) is 67.8 Å². The topological polar surface area (TPSA) is 76.7 Å². The van der Waals surface area contributed by atoms with Gasteiger partial charge in [0.05, 0.1) is 25.2 Å². The maximum atomic E-state index is 13.9. The van der Waals surface area contributed by atoms with Gasteiger partial charge in [-0.05, 0) is 39.7 Å². The van der Waals surface area contributed by atoms with Crippen LogP contribution in [0.25, 0.3) is 11.1 Å². The number of hydrogen-bond donors (Lipinski definition) is 1. The van der Waals surface area contributed by atoms with E-state index in [9.17, 15) is 9.59 Å². The summed E-state index contributed by atoms with van der Waals surface area (Å²) in [4.78, 5) is 29.5. The van der Waals surface area contributed by atoms with Crippen LogP contribution in [0.2, 0.25) is 0 Å². The highest BCUT2D eigenvalue weighted by atomic mass is 16.5. The predicted molar refractivity (Wildman–Crippen MR) is 130 cm³/mol. The van der Waals surface area contributed by atoms with Crippen LogP contribution in [0.3, 0.4) is 0 Å². The second-order valence-electron chi connectivity index (χ2n) is 9.74. The van der Waals surface area contributed by atoms with Gasteiger partial charge in [0.2, 0.25) is 5.91 Å². The van der Waals surface area contributed by atoms with E-state index in [2.05, 4.69) is 5.32 Å². The molecule has 7 heteroatoms. The first kappa shape index (κ1) is 22.6. The monoisotopic (exact) mass is 463 g/mol. The molecule has 0 unspecified atom stereocenters. The Kier molecular flexibility index (Phi) is 5.88. The van der Waals surface area contributed by atoms with Crippen molar-refractivity contribution in [3.05, 3.63) is 53.4 Å². The highest BCUT2D eigenvalue weighted by Gasteiger charge is 2.48. The molecule has 0 bridgehead atoms. The van der Waals surface area contributed by atoms with Gasteiger partial charge in [-0.2, -0.15) is 0 Å². The number of hydrogen-bond acceptors (Lipinski definition) is 4. The van der Waals surface area contributed by atoms with Crippen LogP contribution in [-0.2, 0) is 17.9 Å². The van der Waals surface area contributed by atoms with Crippen molar-refractivity contribution in [2.24, 2.45) is 0 Å². The van der Waals surface area contributed by atoms with E-state index in [1.807, 2.05) is 55.7 Å². The normalized spacial score (nSPS) is 21.0. The first-order chi connectivity index (χ1) is 16.4. The van der Waals surface area contributed by atoms with Gasteiger partial charge in [-0.25, -0.2) is 0 Å². The number of ether oxygens (including phenoxy) is 1. The van der Waals surface area contributed by atoms with Crippen molar-refractivity contribution in [1.82, 2.24) is 14.8 Å². The van der Waals surface area contributed by atoms with E-state index in [0.29, 0.717) is 24.4 Å². The first-order valence-electron chi connectivity index (χ1n) is 12.3. The molecule has 1 N–H and O–H groups in total. The van der Waals surface area contributed by atoms with E-state index in [4.69, 9.17) is 9.15 Å². The predicted octanol–water partition coefficient (Wildman–Crippen LogP) is 4.81. The third-order valence-electron chi connectivity index (χ3n) is 7.27. The summed E-state index contributed by atoms with van der Waals surface area (Å²) in [7, 11) is 0. The van der Waals surface area contributed by atoms with Crippen molar-refractivity contribution in [3.63, 3.8) is 0 Å². The molecule has 0 saturated heterocycles. The van der Waals surface area contributed by atoms with Crippen molar-refractivity contribution in [2.45, 2.75) is 77.5 Å². The summed E-state index contributed by atoms with van der Waals surface area (Å²) in [6.45, 7) is 6.90. The van der Waals surface area contributed by atoms with Crippen LogP contribution in [0.5, 0.6) is 5.75 Å². The summed E-state index contributed by atoms with van der Waals surface area (Å²) < 4.78 is 13.6. The fraction of sp³-hybridized carbons (Fsp3) is 0.481. The van der Waals surface area contributed by atoms with E-state index in [1.165, 1.54) is 6.42 Å². The van der Waals surface area contributed by atoms with Gasteiger partial charge in [0, 0.05) is 23.7 Å². The van der Waals surface area contributed by atoms with Gasteiger partial charge < -0.3 is 23.9 Å². The van der Waals surface area contributed by atoms with Crippen LogP contribution < -0.4 is 10.1 Å². The van der Waals surface area contributed by atoms with Crippen molar-refractivity contribution >= 4 is 22.9 Å². The van der Waals surface area contributed by atoms with Gasteiger partial charge in [-0.15, -0.1) is 0 Å². The molecule has 1 aliphatic heterocycles. The quantitative estimate of drug-likeness (QED) is 0.569. The van der Waals surface area contributed by atoms with Crippen LogP contribution in [0.4, 0.5) is 0 Å². The van der Waals surface area contributed by atoms with Gasteiger partial charge in [0.15, 0.2) is 5.58 Å². The largest absolute Gasteiger partial charge is 0.494 e. The molecular weight excluding hydrogens is 430 g/mol. The molecule has 0 radical (unpaired) electrons. The molecule has 34 heavy (non-hydrogen) atoms. The fourth-order valence-corrected chi connectivity index (χ4v) is 5.40. The molecule has 5 rings (SSSR count). The lowest BCUT2D eigenvalue weighted by molar-refractivity contribution is -0.134. The average molecular weight is 464 g/mol. The zero-order chi connectivity index (χ0) is 23.9. The number of furan rings is 1. The fourth-order valence-electron chi connectivity index (χ4n) is 5.40. The van der Waals surface area contributed by atoms with E-state index in [0.717, 1.165) is 48.3 Å². The first-order valence-corrected chi connectivity index (χ1v) is 12.3. The maximum Gasteiger partial charge on any atom is 0.271 e. The minimum absolute atomic E-state index is 0.102. The Morgan fingerprint density at radius 3 is 2.74 bits per heavy atom. The number of nitrogens with one attached hydrogen (secondary N) is 1. The van der Waals surface area contributed by atoms with Crippen molar-refractivity contribution in [3.8, 4) is 5.75 Å². The van der Waals surface area contributed by atoms with Gasteiger partial charge >= 0.3 is 0 Å². The number of carbonyl (C=O) groups excluding carboxylic acids is 2. The number of nitrogens with zero attached hydrogens (tertiary/aromatic N) is 2. The van der Waals surface area contributed by atoms with Crippen molar-refractivity contribution in [2.75, 3.05) is 6.61 Å². The lowest BCUT2D eigenvalue weighted by atomic mass is 9.91. The van der Waals surface area contributed by atoms with Gasteiger partial charge in [0.1, 0.15) is 22.7 Å². The molecule has 1 aliphatic carbocycles. The molecule has 1 saturated carbocycles. The highest BCUT2D eigenvalue weighted by Crippen LogP contribution is 2.36. The Morgan fingerprint density at radius 2 is 1.97 bits per heavy atom. The zero-order valence-electron chi connectivity index (χ0n) is 20.2. The molecule has 2 aromatic heterocycles. The number of benzene rings is 1. The Labute approximate surface area is 200 Å². The second-order valence-corrected chi connectivity index (χ2v) is 9.74. The summed E-state index contributed by atoms with van der Waals surface area (Å²) in [6, 6.07) is 11.6. The zero-order valence-corrected chi connectivity index (χ0v) is 20.2. The molecule has 180 valence electrons. The third-order valence-corrected chi connectivity index (χ3v) is 7.27. The minimum Gasteiger partial charge on any atom is -0.494 e. The summed E-state index contributed by atoms with van der Waals surface area (Å²) >= 11 is 0. The van der Waals surface area contributed by atoms with Crippen LogP contribution >= 0.6 is 0 Å². The Bertz CT molecular complexity index is 1220. The number of fused-ring (bicyclic) bond motifs is 3. The summed E-state index contributed by atoms with van der Waals surface area (Å²) in [6.07, 6.45) is 5.45. The van der Waals surface area contributed by atoms with Crippen molar-refractivity contribution in [1.29, 1.82) is 0 Å². The lowest BCUT2D eigenvalue weighted by Crippen LogP contribution is -2.64. The van der Waals surface area contributed by atoms with E-state index in [-0.39, 0.29) is 24.4 Å².